The van der Waals surface area contributed by atoms with E-state index in [2.05, 4.69) is 5.32 Å². The molecule has 2 N–H and O–H groups in total. The van der Waals surface area contributed by atoms with E-state index in [1.165, 1.54) is 0 Å². The molecule has 0 spiro atoms. The fraction of sp³-hybridized carbons (Fsp3) is 0.286. The van der Waals surface area contributed by atoms with E-state index in [9.17, 15) is 13.2 Å². The van der Waals surface area contributed by atoms with Gasteiger partial charge in [-0.15, -0.1) is 0 Å². The number of rotatable bonds is 11. The van der Waals surface area contributed by atoms with Crippen molar-refractivity contribution in [2.45, 2.75) is 19.4 Å². The summed E-state index contributed by atoms with van der Waals surface area (Å²) in [5, 5.41) is 12.4. The van der Waals surface area contributed by atoms with Crippen molar-refractivity contribution in [3.05, 3.63) is 65.7 Å². The minimum atomic E-state index is -3.52. The molecular weight excluding hydrogens is 394 g/mol. The molecule has 0 unspecified atom stereocenters. The highest BCUT2D eigenvalue weighted by Gasteiger charge is 2.17. The molecule has 29 heavy (non-hydrogen) atoms. The lowest BCUT2D eigenvalue weighted by atomic mass is 10.1. The van der Waals surface area contributed by atoms with Crippen LogP contribution in [0.2, 0.25) is 0 Å². The minimum Gasteiger partial charge on any atom is -0.479 e. The molecule has 156 valence electrons. The molecule has 1 atom stereocenters. The van der Waals surface area contributed by atoms with Crippen LogP contribution in [0.25, 0.3) is 6.08 Å². The monoisotopic (exact) mass is 419 g/mol. The first-order valence-corrected chi connectivity index (χ1v) is 10.9. The van der Waals surface area contributed by atoms with Crippen molar-refractivity contribution < 1.29 is 27.2 Å². The van der Waals surface area contributed by atoms with Gasteiger partial charge in [-0.25, -0.2) is 4.79 Å². The molecule has 0 saturated carbocycles. The number of ether oxygens (including phenoxy) is 1. The maximum Gasteiger partial charge on any atom is 0.333 e. The number of carbonyl (C=O) groups is 1. The number of hydrogen-bond acceptors (Lipinski definition) is 6. The summed E-state index contributed by atoms with van der Waals surface area (Å²) in [6.45, 7) is 2.72. The van der Waals surface area contributed by atoms with Crippen molar-refractivity contribution in [2.24, 2.45) is 0 Å². The highest BCUT2D eigenvalue weighted by molar-refractivity contribution is 7.86. The van der Waals surface area contributed by atoms with E-state index in [1.807, 2.05) is 36.4 Å². The SMILES string of the molecule is CCO[C@@H](Cc1ccc(NC/C=C/c2ccc(OS(C)(=O)=O)cc2)cc1)C(=O)O. The van der Waals surface area contributed by atoms with Gasteiger partial charge in [0.1, 0.15) is 5.75 Å². The van der Waals surface area contributed by atoms with E-state index in [-0.39, 0.29) is 5.75 Å². The quantitative estimate of drug-likeness (QED) is 0.539. The Kier molecular flexibility index (Phi) is 8.23. The standard InChI is InChI=1S/C21H25NO6S/c1-3-27-20(21(23)24)15-17-6-10-18(11-7-17)22-14-4-5-16-8-12-19(13-9-16)28-29(2,25)26/h4-13,20,22H,3,14-15H2,1-2H3,(H,23,24)/b5-4+/t20-/m0/s1. The number of nitrogens with one attached hydrogen (secondary N) is 1. The fourth-order valence-corrected chi connectivity index (χ4v) is 3.03. The zero-order valence-corrected chi connectivity index (χ0v) is 17.2. The molecule has 2 aromatic rings. The Morgan fingerprint density at radius 3 is 2.34 bits per heavy atom. The molecule has 0 saturated heterocycles. The molecule has 0 fully saturated rings. The first kappa shape index (κ1) is 22.4. The Bertz CT molecular complexity index is 921. The second-order valence-corrected chi connectivity index (χ2v) is 7.90. The third kappa shape index (κ3) is 8.37. The lowest BCUT2D eigenvalue weighted by molar-refractivity contribution is -0.149. The van der Waals surface area contributed by atoms with E-state index < -0.39 is 22.2 Å². The molecule has 8 heteroatoms. The van der Waals surface area contributed by atoms with Gasteiger partial charge in [-0.3, -0.25) is 0 Å². The Morgan fingerprint density at radius 1 is 1.14 bits per heavy atom. The summed E-state index contributed by atoms with van der Waals surface area (Å²) in [7, 11) is -3.52. The van der Waals surface area contributed by atoms with Gasteiger partial charge in [0.15, 0.2) is 6.10 Å². The third-order valence-corrected chi connectivity index (χ3v) is 4.38. The van der Waals surface area contributed by atoms with Gasteiger partial charge in [0, 0.05) is 25.3 Å². The molecule has 0 amide bonds. The third-order valence-electron chi connectivity index (χ3n) is 3.88. The van der Waals surface area contributed by atoms with Crippen molar-refractivity contribution >= 4 is 27.9 Å². The summed E-state index contributed by atoms with van der Waals surface area (Å²) in [6, 6.07) is 14.3. The van der Waals surface area contributed by atoms with Crippen molar-refractivity contribution in [3.8, 4) is 5.75 Å². The van der Waals surface area contributed by atoms with E-state index in [4.69, 9.17) is 14.0 Å². The van der Waals surface area contributed by atoms with Crippen LogP contribution in [0.3, 0.4) is 0 Å². The normalized spacial score (nSPS) is 12.6. The summed E-state index contributed by atoms with van der Waals surface area (Å²) in [5.41, 5.74) is 2.72. The first-order valence-electron chi connectivity index (χ1n) is 9.10. The number of carboxylic acids is 1. The van der Waals surface area contributed by atoms with Gasteiger partial charge in [0.05, 0.1) is 6.26 Å². The summed E-state index contributed by atoms with van der Waals surface area (Å²) >= 11 is 0. The Labute approximate surface area is 171 Å². The summed E-state index contributed by atoms with van der Waals surface area (Å²) in [6.07, 6.45) is 4.34. The zero-order chi connectivity index (χ0) is 21.3. The molecular formula is C21H25NO6S. The highest BCUT2D eigenvalue weighted by atomic mass is 32.2. The van der Waals surface area contributed by atoms with Crippen LogP contribution in [0.5, 0.6) is 5.75 Å². The summed E-state index contributed by atoms with van der Waals surface area (Å²) in [4.78, 5) is 11.2. The van der Waals surface area contributed by atoms with Crippen LogP contribution in [0.4, 0.5) is 5.69 Å². The molecule has 0 aromatic heterocycles. The van der Waals surface area contributed by atoms with Crippen LogP contribution in [0.15, 0.2) is 54.6 Å². The van der Waals surface area contributed by atoms with E-state index in [0.29, 0.717) is 19.6 Å². The Morgan fingerprint density at radius 2 is 1.79 bits per heavy atom. The smallest absolute Gasteiger partial charge is 0.333 e. The Balaban J connectivity index is 1.83. The number of anilines is 1. The van der Waals surface area contributed by atoms with Crippen molar-refractivity contribution in [1.29, 1.82) is 0 Å². The van der Waals surface area contributed by atoms with Crippen molar-refractivity contribution in [2.75, 3.05) is 24.7 Å². The topological polar surface area (TPSA) is 102 Å². The average Bonchev–Trinajstić information content (AvgIpc) is 2.66. The molecule has 2 aromatic carbocycles. The highest BCUT2D eigenvalue weighted by Crippen LogP contribution is 2.15. The Hall–Kier alpha value is -2.84. The largest absolute Gasteiger partial charge is 0.479 e. The lowest BCUT2D eigenvalue weighted by Crippen LogP contribution is -2.26. The van der Waals surface area contributed by atoms with Crippen LogP contribution >= 0.6 is 0 Å². The number of hydrogen-bond donors (Lipinski definition) is 2. The van der Waals surface area contributed by atoms with E-state index >= 15 is 0 Å². The van der Waals surface area contributed by atoms with E-state index in [0.717, 1.165) is 23.1 Å². The van der Waals surface area contributed by atoms with Crippen molar-refractivity contribution in [1.82, 2.24) is 0 Å². The lowest BCUT2D eigenvalue weighted by Gasteiger charge is -2.12. The van der Waals surface area contributed by atoms with Crippen LogP contribution in [-0.2, 0) is 26.1 Å². The first-order chi connectivity index (χ1) is 13.8. The molecule has 0 radical (unpaired) electrons. The summed E-state index contributed by atoms with van der Waals surface area (Å²) in [5.74, 6) is -0.688. The van der Waals surface area contributed by atoms with Gasteiger partial charge >= 0.3 is 16.1 Å². The molecule has 0 heterocycles. The second-order valence-electron chi connectivity index (χ2n) is 6.32. The minimum absolute atomic E-state index is 0.275. The molecule has 0 bridgehead atoms. The second kappa shape index (κ2) is 10.6. The van der Waals surface area contributed by atoms with Gasteiger partial charge < -0.3 is 19.3 Å². The van der Waals surface area contributed by atoms with Gasteiger partial charge in [-0.2, -0.15) is 8.42 Å². The predicted molar refractivity (Wildman–Crippen MR) is 113 cm³/mol. The van der Waals surface area contributed by atoms with Gasteiger partial charge in [-0.1, -0.05) is 36.4 Å². The van der Waals surface area contributed by atoms with E-state index in [1.54, 1.807) is 31.2 Å². The number of aliphatic carboxylic acids is 1. The summed E-state index contributed by atoms with van der Waals surface area (Å²) < 4.78 is 32.2. The number of benzene rings is 2. The molecule has 0 aliphatic rings. The number of carboxylic acid groups (broad SMARTS) is 1. The fourth-order valence-electron chi connectivity index (χ4n) is 2.57. The predicted octanol–water partition coefficient (Wildman–Crippen LogP) is 3.18. The van der Waals surface area contributed by atoms with Crippen LogP contribution in [0.1, 0.15) is 18.1 Å². The molecule has 0 aliphatic carbocycles. The van der Waals surface area contributed by atoms with Crippen LogP contribution in [0, 0.1) is 0 Å². The van der Waals surface area contributed by atoms with Gasteiger partial charge in [-0.05, 0) is 42.3 Å². The zero-order valence-electron chi connectivity index (χ0n) is 16.4. The van der Waals surface area contributed by atoms with Crippen molar-refractivity contribution in [3.63, 3.8) is 0 Å². The maximum absolute atomic E-state index is 11.2. The maximum atomic E-state index is 11.2. The average molecular weight is 419 g/mol. The molecule has 0 aliphatic heterocycles. The van der Waals surface area contributed by atoms with Gasteiger partial charge in [0.25, 0.3) is 0 Å². The van der Waals surface area contributed by atoms with Crippen LogP contribution in [-0.4, -0.2) is 45.0 Å². The van der Waals surface area contributed by atoms with Crippen LogP contribution < -0.4 is 9.50 Å². The molecule has 2 rings (SSSR count). The molecule has 7 nitrogen and oxygen atoms in total. The van der Waals surface area contributed by atoms with Gasteiger partial charge in [0.2, 0.25) is 0 Å².